The highest BCUT2D eigenvalue weighted by molar-refractivity contribution is 6.24. The largest absolute Gasteiger partial charge is 0.907 e. The first-order valence-electron chi connectivity index (χ1n) is 61.3. The van der Waals surface area contributed by atoms with E-state index in [4.69, 9.17) is 15.1 Å². The average molecular weight is 1800 g/mol. The Morgan fingerprint density at radius 2 is 0.150 bits per heavy atom. The summed E-state index contributed by atoms with van der Waals surface area (Å²) in [5.74, 6) is 0. The first-order chi connectivity index (χ1) is 62.8. The summed E-state index contributed by atoms with van der Waals surface area (Å²) in [6.45, 7) is 33.9. The third kappa shape index (κ3) is 134. The molecule has 0 aromatic heterocycles. The van der Waals surface area contributed by atoms with Crippen molar-refractivity contribution < 1.29 is 29.8 Å². The van der Waals surface area contributed by atoms with Gasteiger partial charge in [0.05, 0.1) is 58.9 Å². The van der Waals surface area contributed by atoms with E-state index in [0.717, 1.165) is 0 Å². The molecule has 0 aliphatic rings. The van der Waals surface area contributed by atoms with Gasteiger partial charge in [-0.15, -0.1) is 0 Å². The van der Waals surface area contributed by atoms with Crippen molar-refractivity contribution in [2.24, 2.45) is 0 Å². The molecule has 127 heavy (non-hydrogen) atoms. The van der Waals surface area contributed by atoms with Crippen LogP contribution in [0, 0.1) is 0 Å². The van der Waals surface area contributed by atoms with Crippen molar-refractivity contribution >= 4 is 7.32 Å². The summed E-state index contributed by atoms with van der Waals surface area (Å²) in [6, 6.07) is 0. The van der Waals surface area contributed by atoms with Crippen molar-refractivity contribution in [2.75, 3.05) is 58.9 Å². The molecule has 0 radical (unpaired) electrons. The molecule has 768 valence electrons. The van der Waals surface area contributed by atoms with Gasteiger partial charge in [-0.05, 0) is 96.3 Å². The zero-order valence-electron chi connectivity index (χ0n) is 90.8. The zero-order valence-corrected chi connectivity index (χ0v) is 90.8. The molecule has 0 aliphatic heterocycles. The lowest BCUT2D eigenvalue weighted by atomic mass is 10.0. The molecule has 0 atom stereocenters. The van der Waals surface area contributed by atoms with Crippen LogP contribution in [-0.2, 0) is 0 Å². The minimum Gasteiger partial charge on any atom is -0.907 e. The third-order valence-corrected chi connectivity index (χ3v) is 29.0. The van der Waals surface area contributed by atoms with E-state index in [9.17, 15) is 0 Å². The second kappa shape index (κ2) is 130. The van der Waals surface area contributed by atoms with Gasteiger partial charge in [0.2, 0.25) is 0 Å². The summed E-state index contributed by atoms with van der Waals surface area (Å²) in [7, 11) is -2.92. The average Bonchev–Trinajstić information content (AvgIpc) is 1.01. The van der Waals surface area contributed by atoms with Gasteiger partial charge < -0.3 is 29.8 Å². The number of unbranched alkanes of at least 4 members (excludes halogenated alkanes) is 93. The topological polar surface area (TPSA) is 82.5 Å². The molecular formula is C120H252BN3O3. The Kier molecular flexibility index (Phi) is 136. The highest BCUT2D eigenvalue weighted by Crippen LogP contribution is 2.22. The smallest absolute Gasteiger partial charge is 0.0770 e. The van der Waals surface area contributed by atoms with Gasteiger partial charge in [-0.2, -0.15) is 0 Å². The van der Waals surface area contributed by atoms with Crippen LogP contribution in [0.3, 0.4) is 0 Å². The number of nitrogens with one attached hydrogen (secondary N) is 3. The molecule has 0 heterocycles. The Morgan fingerprint density at radius 3 is 0.220 bits per heavy atom. The first kappa shape index (κ1) is 133. The summed E-state index contributed by atoms with van der Waals surface area (Å²) in [6.07, 6.45) is 150. The molecule has 3 N–H and O–H groups in total. The summed E-state index contributed by atoms with van der Waals surface area (Å²) in [5.41, 5.74) is 0. The molecule has 7 heteroatoms. The molecule has 0 rings (SSSR count). The van der Waals surface area contributed by atoms with E-state index in [1.807, 2.05) is 14.7 Å². The van der Waals surface area contributed by atoms with Crippen LogP contribution in [0.15, 0.2) is 0 Å². The van der Waals surface area contributed by atoms with Crippen molar-refractivity contribution in [3.63, 3.8) is 0 Å². The van der Waals surface area contributed by atoms with Gasteiger partial charge in [0.25, 0.3) is 0 Å². The Bertz CT molecular complexity index is 1450. The minimum absolute atomic E-state index is 1.36. The van der Waals surface area contributed by atoms with Crippen LogP contribution in [-0.4, -0.2) is 66.2 Å². The van der Waals surface area contributed by atoms with Crippen LogP contribution in [0.4, 0.5) is 0 Å². The fourth-order valence-electron chi connectivity index (χ4n) is 19.9. The van der Waals surface area contributed by atoms with Crippen molar-refractivity contribution in [3.05, 3.63) is 0 Å². The Morgan fingerprint density at radius 1 is 0.0945 bits per heavy atom. The van der Waals surface area contributed by atoms with Crippen LogP contribution in [0.2, 0.25) is 0 Å². The molecule has 0 spiro atoms. The number of hydrogen-bond acceptors (Lipinski definition) is 3. The maximum absolute atomic E-state index is 8.42. The van der Waals surface area contributed by atoms with Crippen LogP contribution in [0.1, 0.15) is 717 Å². The predicted molar refractivity (Wildman–Crippen MR) is 574 cm³/mol. The normalized spacial score (nSPS) is 11.6. The summed E-state index contributed by atoms with van der Waals surface area (Å²) in [4.78, 5) is 5.76. The lowest BCUT2D eigenvalue weighted by Gasteiger charge is -2.35. The molecule has 0 bridgehead atoms. The first-order valence-corrected chi connectivity index (χ1v) is 61.3. The van der Waals surface area contributed by atoms with E-state index >= 15 is 0 Å². The van der Waals surface area contributed by atoms with Gasteiger partial charge in [-0.3, -0.25) is 7.32 Å². The van der Waals surface area contributed by atoms with Gasteiger partial charge in [0.1, 0.15) is 0 Å². The molecule has 0 unspecified atom stereocenters. The quantitative estimate of drug-likeness (QED) is 0.0419. The summed E-state index contributed by atoms with van der Waals surface area (Å²) in [5, 5.41) is 25.2. The highest BCUT2D eigenvalue weighted by Gasteiger charge is 2.12. The van der Waals surface area contributed by atoms with Crippen LogP contribution in [0.5, 0.6) is 0 Å². The Balaban J connectivity index is -0.000000873. The highest BCUT2D eigenvalue weighted by atomic mass is 16.5. The SMILES string of the molecule is CCCCCCCCCCCCCCCCCC[NH+](CCCC)CCCCCCCCCCCCCCCCCC.CCCCCCCCCCCCCCCCCC[NH+](CCCC)CCCCCCCCCCCCCCCCCC.CCCCCCCCCCCCCCCCCC[NH+](CCCC)CCCCCCCCCCCCCCCCCC.[O-]B([O-])[O-]. The minimum atomic E-state index is -2.92. The lowest BCUT2D eigenvalue weighted by Crippen LogP contribution is -3.12. The fraction of sp³-hybridized carbons (Fsp3) is 1.00. The molecule has 0 amide bonds. The van der Waals surface area contributed by atoms with Gasteiger partial charge in [0.15, 0.2) is 0 Å². The maximum Gasteiger partial charge on any atom is 0.0770 e. The Labute approximate surface area is 808 Å². The van der Waals surface area contributed by atoms with Gasteiger partial charge in [0, 0.05) is 0 Å². The summed E-state index contributed by atoms with van der Waals surface area (Å²) < 4.78 is 0. The van der Waals surface area contributed by atoms with Gasteiger partial charge in [-0.25, -0.2) is 0 Å². The van der Waals surface area contributed by atoms with Crippen LogP contribution >= 0.6 is 0 Å². The molecule has 0 aromatic carbocycles. The van der Waals surface area contributed by atoms with E-state index in [1.54, 1.807) is 0 Å². The van der Waals surface area contributed by atoms with Crippen LogP contribution in [0.25, 0.3) is 0 Å². The second-order valence-electron chi connectivity index (χ2n) is 42.2. The van der Waals surface area contributed by atoms with E-state index in [2.05, 4.69) is 62.3 Å². The fourth-order valence-corrected chi connectivity index (χ4v) is 19.9. The lowest BCUT2D eigenvalue weighted by molar-refractivity contribution is -0.901. The maximum atomic E-state index is 8.42. The van der Waals surface area contributed by atoms with E-state index in [-0.39, 0.29) is 0 Å². The molecule has 0 saturated heterocycles. The van der Waals surface area contributed by atoms with E-state index < -0.39 is 7.32 Å². The van der Waals surface area contributed by atoms with E-state index in [0.29, 0.717) is 0 Å². The third-order valence-electron chi connectivity index (χ3n) is 29.0. The monoisotopic (exact) mass is 1790 g/mol. The van der Waals surface area contributed by atoms with Gasteiger partial charge >= 0.3 is 0 Å². The van der Waals surface area contributed by atoms with Crippen molar-refractivity contribution in [3.8, 4) is 0 Å². The number of quaternary nitrogens is 3. The summed E-state index contributed by atoms with van der Waals surface area (Å²) >= 11 is 0. The second-order valence-corrected chi connectivity index (χ2v) is 42.2. The Hall–Kier alpha value is -0.175. The number of hydrogen-bond donors (Lipinski definition) is 3. The molecule has 0 fully saturated rings. The number of rotatable bonds is 111. The van der Waals surface area contributed by atoms with Crippen molar-refractivity contribution in [1.29, 1.82) is 0 Å². The van der Waals surface area contributed by atoms with E-state index in [1.165, 1.54) is 714 Å². The standard InChI is InChI=1S/3C40H83N.BO3/c3*1-4-7-10-12-14-16-18-20-22-24-26-28-30-32-34-36-39-41(38-9-6-3)40-37-35-33-31-29-27-25-23-21-19-17-15-13-11-8-5-2;2-1(3)4/h3*4-40H2,1-3H3;/q;;;-3/p+3. The van der Waals surface area contributed by atoms with Crippen molar-refractivity contribution in [2.45, 2.75) is 717 Å². The van der Waals surface area contributed by atoms with Gasteiger partial charge in [-0.1, -0.05) is 621 Å². The van der Waals surface area contributed by atoms with Crippen molar-refractivity contribution in [1.82, 2.24) is 0 Å². The molecule has 0 aromatic rings. The molecule has 6 nitrogen and oxygen atoms in total. The molecule has 0 saturated carbocycles. The molecular weight excluding hydrogens is 1540 g/mol. The molecule has 0 aliphatic carbocycles. The van der Waals surface area contributed by atoms with Crippen LogP contribution < -0.4 is 29.8 Å². The predicted octanol–water partition coefficient (Wildman–Crippen LogP) is 35.6. The zero-order chi connectivity index (χ0) is 92.8.